The Hall–Kier alpha value is -1.77. The van der Waals surface area contributed by atoms with Gasteiger partial charge in [-0.05, 0) is 51.0 Å². The summed E-state index contributed by atoms with van der Waals surface area (Å²) in [5, 5.41) is 3.01. The van der Waals surface area contributed by atoms with Crippen LogP contribution in [0.4, 0.5) is 0 Å². The number of carbonyl (C=O) groups is 2. The average Bonchev–Trinajstić information content (AvgIpc) is 3.35. The number of carbonyl (C=O) groups excluding carboxylic acids is 2. The maximum Gasteiger partial charge on any atom is 0.472 e. The Morgan fingerprint density at radius 2 is 0.849 bits per heavy atom. The fraction of sp³-hybridized carbons (Fsp3) is 0.873. The highest BCUT2D eigenvalue weighted by atomic mass is 31.2. The van der Waals surface area contributed by atoms with E-state index >= 15 is 0 Å². The topological polar surface area (TPSA) is 111 Å². The molecule has 0 saturated heterocycles. The highest BCUT2D eigenvalue weighted by Gasteiger charge is 2.30. The molecule has 0 heterocycles. The van der Waals surface area contributed by atoms with Gasteiger partial charge in [0.2, 0.25) is 5.91 Å². The van der Waals surface area contributed by atoms with Gasteiger partial charge in [-0.1, -0.05) is 276 Å². The Labute approximate surface area is 453 Å². The number of hydrogen-bond acceptors (Lipinski definition) is 6. The lowest BCUT2D eigenvalue weighted by Crippen LogP contribution is -2.47. The number of phosphoric ester groups is 1. The lowest BCUT2D eigenvalue weighted by molar-refractivity contribution is -0.870. The van der Waals surface area contributed by atoms with Crippen LogP contribution in [0.2, 0.25) is 0 Å². The zero-order chi connectivity index (χ0) is 53.6. The number of hydrogen-bond donors (Lipinski definition) is 2. The number of ether oxygens (including phenoxy) is 1. The third kappa shape index (κ3) is 54.8. The molecule has 0 bridgehead atoms. The van der Waals surface area contributed by atoms with E-state index in [1.807, 2.05) is 39.4 Å². The van der Waals surface area contributed by atoms with Crippen molar-refractivity contribution in [2.24, 2.45) is 0 Å². The standard InChI is InChI=1S/C63H121N2O7P/c1-7-10-13-16-19-22-25-27-28-29-30-31-32-33-34-35-36-38-41-44-47-50-53-56-63(67)72-61(54-51-48-45-42-39-24-21-18-15-12-9-3)60(59-71-73(68,69)70-58-57-65(4,5)6)64-62(66)55-52-49-46-43-40-37-26-23-20-17-14-11-8-2/h37,40,46,49,51,54,60-61H,7-36,38-39,41-45,47-48,50,52-53,55-59H2,1-6H3,(H-,64,66,68,69)/p+1/b40-37-,49-46+,54-51-. The van der Waals surface area contributed by atoms with Crippen LogP contribution in [0.5, 0.6) is 0 Å². The van der Waals surface area contributed by atoms with Crippen molar-refractivity contribution in [3.8, 4) is 0 Å². The highest BCUT2D eigenvalue weighted by Crippen LogP contribution is 2.43. The molecule has 0 aliphatic carbocycles. The monoisotopic (exact) mass is 1050 g/mol. The van der Waals surface area contributed by atoms with E-state index in [1.165, 1.54) is 212 Å². The Morgan fingerprint density at radius 3 is 1.26 bits per heavy atom. The summed E-state index contributed by atoms with van der Waals surface area (Å²) < 4.78 is 30.6. The highest BCUT2D eigenvalue weighted by molar-refractivity contribution is 7.47. The minimum atomic E-state index is -4.45. The second kappa shape index (κ2) is 53.6. The van der Waals surface area contributed by atoms with Crippen LogP contribution in [0, 0.1) is 0 Å². The zero-order valence-corrected chi connectivity index (χ0v) is 50.0. The van der Waals surface area contributed by atoms with Crippen molar-refractivity contribution in [3.05, 3.63) is 36.5 Å². The van der Waals surface area contributed by atoms with Crippen LogP contribution in [0.25, 0.3) is 0 Å². The van der Waals surface area contributed by atoms with Gasteiger partial charge in [0.15, 0.2) is 0 Å². The number of rotatable bonds is 57. The number of allylic oxidation sites excluding steroid dienone is 5. The van der Waals surface area contributed by atoms with Crippen molar-refractivity contribution in [3.63, 3.8) is 0 Å². The molecule has 3 unspecified atom stereocenters. The number of likely N-dealkylation sites (N-methyl/N-ethyl adjacent to an activating group) is 1. The summed E-state index contributed by atoms with van der Waals surface area (Å²) >= 11 is 0. The van der Waals surface area contributed by atoms with Gasteiger partial charge < -0.3 is 19.4 Å². The predicted molar refractivity (Wildman–Crippen MR) is 314 cm³/mol. The summed E-state index contributed by atoms with van der Waals surface area (Å²) in [5.74, 6) is -0.571. The lowest BCUT2D eigenvalue weighted by Gasteiger charge is -2.27. The van der Waals surface area contributed by atoms with Gasteiger partial charge in [-0.3, -0.25) is 18.6 Å². The number of unbranched alkanes of at least 4 members (excludes halogenated alkanes) is 37. The molecule has 0 aromatic heterocycles. The average molecular weight is 1050 g/mol. The molecule has 0 saturated carbocycles. The summed E-state index contributed by atoms with van der Waals surface area (Å²) in [7, 11) is 1.48. The van der Waals surface area contributed by atoms with Crippen molar-refractivity contribution in [1.82, 2.24) is 5.32 Å². The number of phosphoric acid groups is 1. The number of esters is 1. The second-order valence-corrected chi connectivity index (χ2v) is 24.0. The molecule has 2 N–H and O–H groups in total. The quantitative estimate of drug-likeness (QED) is 0.0205. The van der Waals surface area contributed by atoms with Crippen LogP contribution in [-0.2, 0) is 27.9 Å². The van der Waals surface area contributed by atoms with Crippen molar-refractivity contribution in [1.29, 1.82) is 0 Å². The molecule has 430 valence electrons. The molecule has 0 aliphatic heterocycles. The number of nitrogens with zero attached hydrogens (tertiary/aromatic N) is 1. The molecule has 0 radical (unpaired) electrons. The van der Waals surface area contributed by atoms with E-state index in [4.69, 9.17) is 13.8 Å². The van der Waals surface area contributed by atoms with E-state index in [2.05, 4.69) is 44.3 Å². The molecule has 0 aliphatic rings. The van der Waals surface area contributed by atoms with Crippen LogP contribution < -0.4 is 5.32 Å². The Balaban J connectivity index is 5.12. The number of amides is 1. The Morgan fingerprint density at radius 1 is 0.479 bits per heavy atom. The van der Waals surface area contributed by atoms with E-state index in [-0.39, 0.29) is 37.9 Å². The van der Waals surface area contributed by atoms with E-state index in [0.717, 1.165) is 51.4 Å². The van der Waals surface area contributed by atoms with Gasteiger partial charge in [0.1, 0.15) is 19.3 Å². The first-order valence-corrected chi connectivity index (χ1v) is 32.8. The van der Waals surface area contributed by atoms with Crippen LogP contribution in [0.15, 0.2) is 36.5 Å². The van der Waals surface area contributed by atoms with E-state index in [0.29, 0.717) is 17.4 Å². The molecular weight excluding hydrogens is 928 g/mol. The summed E-state index contributed by atoms with van der Waals surface area (Å²) in [4.78, 5) is 37.6. The summed E-state index contributed by atoms with van der Waals surface area (Å²) in [6, 6.07) is -0.874. The fourth-order valence-corrected chi connectivity index (χ4v) is 9.96. The Bertz CT molecular complexity index is 1350. The fourth-order valence-electron chi connectivity index (χ4n) is 9.23. The molecule has 0 aromatic rings. The number of nitrogens with one attached hydrogen (secondary N) is 1. The third-order valence-corrected chi connectivity index (χ3v) is 15.1. The molecular formula is C63H122N2O7P+. The molecule has 0 rings (SSSR count). The SMILES string of the molecule is CCCCCCCC/C=C\C/C=C/CCC(=O)NC(COP(=O)(O)OCC[N+](C)(C)C)C(/C=C\CCCCCCCCCCC)OC(=O)CCCCCCCCCCCCCCCCCCCCCCCCC. The maximum absolute atomic E-state index is 13.5. The van der Waals surface area contributed by atoms with Crippen LogP contribution in [0.1, 0.15) is 303 Å². The number of quaternary nitrogens is 1. The molecule has 73 heavy (non-hydrogen) atoms. The van der Waals surface area contributed by atoms with Gasteiger partial charge in [0.25, 0.3) is 0 Å². The van der Waals surface area contributed by atoms with Gasteiger partial charge in [-0.15, -0.1) is 0 Å². The molecule has 0 aromatic carbocycles. The van der Waals surface area contributed by atoms with Crippen LogP contribution in [-0.4, -0.2) is 74.3 Å². The lowest BCUT2D eigenvalue weighted by atomic mass is 10.0. The second-order valence-electron chi connectivity index (χ2n) is 22.6. The van der Waals surface area contributed by atoms with Gasteiger partial charge >= 0.3 is 13.8 Å². The van der Waals surface area contributed by atoms with Crippen molar-refractivity contribution >= 4 is 19.7 Å². The van der Waals surface area contributed by atoms with Gasteiger partial charge in [-0.25, -0.2) is 4.57 Å². The molecule has 0 spiro atoms. The predicted octanol–water partition coefficient (Wildman–Crippen LogP) is 19.1. The molecule has 1 amide bonds. The van der Waals surface area contributed by atoms with Gasteiger partial charge in [-0.2, -0.15) is 0 Å². The Kier molecular flexibility index (Phi) is 52.3. The van der Waals surface area contributed by atoms with Crippen LogP contribution >= 0.6 is 7.82 Å². The largest absolute Gasteiger partial charge is 0.472 e. The first-order chi connectivity index (χ1) is 35.4. The van der Waals surface area contributed by atoms with Crippen molar-refractivity contribution in [2.45, 2.75) is 315 Å². The van der Waals surface area contributed by atoms with Gasteiger partial charge in [0, 0.05) is 12.8 Å². The minimum Gasteiger partial charge on any atom is -0.456 e. The van der Waals surface area contributed by atoms with E-state index in [9.17, 15) is 19.0 Å². The van der Waals surface area contributed by atoms with Crippen molar-refractivity contribution < 1.29 is 37.3 Å². The van der Waals surface area contributed by atoms with E-state index < -0.39 is 20.0 Å². The third-order valence-electron chi connectivity index (χ3n) is 14.1. The molecule has 3 atom stereocenters. The van der Waals surface area contributed by atoms with Crippen LogP contribution in [0.3, 0.4) is 0 Å². The molecule has 9 nitrogen and oxygen atoms in total. The summed E-state index contributed by atoms with van der Waals surface area (Å²) in [6.07, 6.45) is 64.6. The zero-order valence-electron chi connectivity index (χ0n) is 49.1. The smallest absolute Gasteiger partial charge is 0.456 e. The summed E-state index contributed by atoms with van der Waals surface area (Å²) in [6.45, 7) is 6.98. The minimum absolute atomic E-state index is 0.0332. The first kappa shape index (κ1) is 71.2. The van der Waals surface area contributed by atoms with Gasteiger partial charge in [0.05, 0.1) is 33.8 Å². The summed E-state index contributed by atoms with van der Waals surface area (Å²) in [5.41, 5.74) is 0. The molecule has 10 heteroatoms. The van der Waals surface area contributed by atoms with E-state index in [1.54, 1.807) is 0 Å². The first-order valence-electron chi connectivity index (χ1n) is 31.3. The maximum atomic E-state index is 13.5. The normalized spacial score (nSPS) is 13.9. The molecule has 0 fully saturated rings. The van der Waals surface area contributed by atoms with Crippen molar-refractivity contribution in [2.75, 3.05) is 40.9 Å².